The number of carbonyl (C=O) groups is 1. The summed E-state index contributed by atoms with van der Waals surface area (Å²) in [6.07, 6.45) is 1.52. The molecule has 0 N–H and O–H groups in total. The van der Waals surface area contributed by atoms with Gasteiger partial charge in [-0.2, -0.15) is 0 Å². The second-order valence-corrected chi connectivity index (χ2v) is 5.73. The molecule has 2 aromatic heterocycles. The van der Waals surface area contributed by atoms with Gasteiger partial charge in [-0.1, -0.05) is 30.0 Å². The maximum atomic E-state index is 12.3. The SMILES string of the molecule is Cc1cc(C)nc(SCC(=O)c2coc3ccccc23)n1. The van der Waals surface area contributed by atoms with Gasteiger partial charge in [0.05, 0.1) is 11.3 Å². The predicted octanol–water partition coefficient (Wildman–Crippen LogP) is 3.81. The number of carbonyl (C=O) groups excluding carboxylic acids is 1. The highest BCUT2D eigenvalue weighted by atomic mass is 32.2. The van der Waals surface area contributed by atoms with E-state index in [1.54, 1.807) is 0 Å². The van der Waals surface area contributed by atoms with Crippen molar-refractivity contribution in [2.75, 3.05) is 5.75 Å². The van der Waals surface area contributed by atoms with Crippen molar-refractivity contribution in [2.24, 2.45) is 0 Å². The van der Waals surface area contributed by atoms with Crippen LogP contribution in [0.1, 0.15) is 21.7 Å². The lowest BCUT2D eigenvalue weighted by Gasteiger charge is -2.02. The Balaban J connectivity index is 1.77. The van der Waals surface area contributed by atoms with E-state index >= 15 is 0 Å². The molecule has 4 nitrogen and oxygen atoms in total. The number of furan rings is 1. The van der Waals surface area contributed by atoms with Gasteiger partial charge >= 0.3 is 0 Å². The van der Waals surface area contributed by atoms with Crippen LogP contribution in [0.5, 0.6) is 0 Å². The van der Waals surface area contributed by atoms with Crippen LogP contribution < -0.4 is 0 Å². The van der Waals surface area contributed by atoms with Gasteiger partial charge in [-0.3, -0.25) is 4.79 Å². The van der Waals surface area contributed by atoms with E-state index in [1.807, 2.05) is 44.2 Å². The molecule has 0 aliphatic heterocycles. The number of ketones is 1. The molecule has 5 heteroatoms. The summed E-state index contributed by atoms with van der Waals surface area (Å²) in [5.74, 6) is 0.319. The molecule has 3 rings (SSSR count). The summed E-state index contributed by atoms with van der Waals surface area (Å²) in [5.41, 5.74) is 3.16. The molecule has 0 radical (unpaired) electrons. The lowest BCUT2D eigenvalue weighted by Crippen LogP contribution is -2.03. The maximum Gasteiger partial charge on any atom is 0.188 e. The lowest BCUT2D eigenvalue weighted by molar-refractivity contribution is 0.102. The van der Waals surface area contributed by atoms with Gasteiger partial charge in [-0.25, -0.2) is 9.97 Å². The molecule has 0 spiro atoms. The Morgan fingerprint density at radius 3 is 2.67 bits per heavy atom. The zero-order valence-corrected chi connectivity index (χ0v) is 12.6. The van der Waals surface area contributed by atoms with Gasteiger partial charge in [-0.15, -0.1) is 0 Å². The number of benzene rings is 1. The zero-order valence-electron chi connectivity index (χ0n) is 11.8. The summed E-state index contributed by atoms with van der Waals surface area (Å²) in [7, 11) is 0. The fraction of sp³-hybridized carbons (Fsp3) is 0.188. The third-order valence-electron chi connectivity index (χ3n) is 3.08. The highest BCUT2D eigenvalue weighted by molar-refractivity contribution is 7.99. The van der Waals surface area contributed by atoms with Crippen LogP contribution in [0.4, 0.5) is 0 Å². The molecule has 2 heterocycles. The molecule has 0 saturated carbocycles. The Bertz CT molecular complexity index is 791. The molecule has 0 bridgehead atoms. The number of nitrogens with zero attached hydrogens (tertiary/aromatic N) is 2. The first kappa shape index (κ1) is 13.8. The smallest absolute Gasteiger partial charge is 0.188 e. The largest absolute Gasteiger partial charge is 0.464 e. The van der Waals surface area contributed by atoms with Gasteiger partial charge in [-0.05, 0) is 26.0 Å². The Labute approximate surface area is 126 Å². The number of aryl methyl sites for hydroxylation is 2. The number of hydrogen-bond acceptors (Lipinski definition) is 5. The summed E-state index contributed by atoms with van der Waals surface area (Å²) in [6, 6.07) is 9.44. The Hall–Kier alpha value is -2.14. The summed E-state index contributed by atoms with van der Waals surface area (Å²) in [4.78, 5) is 21.0. The molecule has 0 atom stereocenters. The van der Waals surface area contributed by atoms with E-state index in [0.29, 0.717) is 16.5 Å². The van der Waals surface area contributed by atoms with Gasteiger partial charge in [0.1, 0.15) is 11.8 Å². The van der Waals surface area contributed by atoms with E-state index in [4.69, 9.17) is 4.42 Å². The van der Waals surface area contributed by atoms with Gasteiger partial charge in [0.15, 0.2) is 10.9 Å². The average molecular weight is 298 g/mol. The Morgan fingerprint density at radius 1 is 1.19 bits per heavy atom. The topological polar surface area (TPSA) is 56.0 Å². The zero-order chi connectivity index (χ0) is 14.8. The molecule has 0 aliphatic carbocycles. The van der Waals surface area contributed by atoms with Crippen LogP contribution in [0.3, 0.4) is 0 Å². The number of aromatic nitrogens is 2. The summed E-state index contributed by atoms with van der Waals surface area (Å²) in [5, 5.41) is 1.48. The number of para-hydroxylation sites is 1. The van der Waals surface area contributed by atoms with E-state index in [-0.39, 0.29) is 5.78 Å². The van der Waals surface area contributed by atoms with Crippen LogP contribution in [-0.2, 0) is 0 Å². The second-order valence-electron chi connectivity index (χ2n) is 4.79. The first-order valence-corrected chi connectivity index (χ1v) is 7.56. The third-order valence-corrected chi connectivity index (χ3v) is 3.92. The predicted molar refractivity (Wildman–Crippen MR) is 82.8 cm³/mol. The minimum Gasteiger partial charge on any atom is -0.464 e. The normalized spacial score (nSPS) is 11.0. The van der Waals surface area contributed by atoms with Gasteiger partial charge < -0.3 is 4.42 Å². The fourth-order valence-corrected chi connectivity index (χ4v) is 2.99. The molecule has 1 aromatic carbocycles. The van der Waals surface area contributed by atoms with Crippen LogP contribution in [0, 0.1) is 13.8 Å². The van der Waals surface area contributed by atoms with Crippen molar-refractivity contribution in [2.45, 2.75) is 19.0 Å². The molecule has 0 saturated heterocycles. The summed E-state index contributed by atoms with van der Waals surface area (Å²) >= 11 is 1.35. The van der Waals surface area contributed by atoms with Crippen LogP contribution in [0.15, 0.2) is 46.2 Å². The highest BCUT2D eigenvalue weighted by Gasteiger charge is 2.14. The van der Waals surface area contributed by atoms with Crippen molar-refractivity contribution < 1.29 is 9.21 Å². The first-order chi connectivity index (χ1) is 10.1. The van der Waals surface area contributed by atoms with Crippen LogP contribution in [0.2, 0.25) is 0 Å². The monoisotopic (exact) mass is 298 g/mol. The Morgan fingerprint density at radius 2 is 1.90 bits per heavy atom. The average Bonchev–Trinajstić information content (AvgIpc) is 2.88. The Kier molecular flexibility index (Phi) is 3.75. The van der Waals surface area contributed by atoms with Crippen molar-refractivity contribution in [3.63, 3.8) is 0 Å². The van der Waals surface area contributed by atoms with E-state index in [0.717, 1.165) is 22.4 Å². The van der Waals surface area contributed by atoms with Crippen molar-refractivity contribution in [3.05, 3.63) is 53.5 Å². The van der Waals surface area contributed by atoms with E-state index in [9.17, 15) is 4.79 Å². The van der Waals surface area contributed by atoms with Crippen molar-refractivity contribution in [3.8, 4) is 0 Å². The van der Waals surface area contributed by atoms with Crippen molar-refractivity contribution >= 4 is 28.5 Å². The quantitative estimate of drug-likeness (QED) is 0.416. The number of thioether (sulfide) groups is 1. The van der Waals surface area contributed by atoms with Gasteiger partial charge in [0, 0.05) is 16.8 Å². The number of Topliss-reactive ketones (excluding diaryl/α,β-unsaturated/α-hetero) is 1. The standard InChI is InChI=1S/C16H14N2O2S/c1-10-7-11(2)18-16(17-10)21-9-14(19)13-8-20-15-6-4-3-5-12(13)15/h3-8H,9H2,1-2H3. The molecular formula is C16H14N2O2S. The van der Waals surface area contributed by atoms with Crippen LogP contribution in [-0.4, -0.2) is 21.5 Å². The second kappa shape index (κ2) is 5.69. The van der Waals surface area contributed by atoms with Gasteiger partial charge in [0.25, 0.3) is 0 Å². The summed E-state index contributed by atoms with van der Waals surface area (Å²) < 4.78 is 5.40. The van der Waals surface area contributed by atoms with E-state index in [1.165, 1.54) is 18.0 Å². The van der Waals surface area contributed by atoms with E-state index < -0.39 is 0 Å². The lowest BCUT2D eigenvalue weighted by atomic mass is 10.1. The minimum absolute atomic E-state index is 0.0210. The van der Waals surface area contributed by atoms with Crippen molar-refractivity contribution in [1.82, 2.24) is 9.97 Å². The number of hydrogen-bond donors (Lipinski definition) is 0. The fourth-order valence-electron chi connectivity index (χ4n) is 2.16. The third kappa shape index (κ3) is 2.97. The molecule has 0 amide bonds. The van der Waals surface area contributed by atoms with Gasteiger partial charge in [0.2, 0.25) is 0 Å². The molecule has 21 heavy (non-hydrogen) atoms. The number of rotatable bonds is 4. The molecule has 0 unspecified atom stereocenters. The van der Waals surface area contributed by atoms with E-state index in [2.05, 4.69) is 9.97 Å². The van der Waals surface area contributed by atoms with Crippen LogP contribution >= 0.6 is 11.8 Å². The minimum atomic E-state index is 0.0210. The molecular weight excluding hydrogens is 284 g/mol. The van der Waals surface area contributed by atoms with Crippen molar-refractivity contribution in [1.29, 1.82) is 0 Å². The maximum absolute atomic E-state index is 12.3. The highest BCUT2D eigenvalue weighted by Crippen LogP contribution is 2.23. The first-order valence-electron chi connectivity index (χ1n) is 6.58. The molecule has 0 fully saturated rings. The molecule has 0 aliphatic rings. The van der Waals surface area contributed by atoms with Crippen LogP contribution in [0.25, 0.3) is 11.0 Å². The number of fused-ring (bicyclic) bond motifs is 1. The molecule has 106 valence electrons. The molecule has 3 aromatic rings. The summed E-state index contributed by atoms with van der Waals surface area (Å²) in [6.45, 7) is 3.84.